The van der Waals surface area contributed by atoms with Gasteiger partial charge in [-0.15, -0.1) is 0 Å². The van der Waals surface area contributed by atoms with Gasteiger partial charge in [0, 0.05) is 12.6 Å². The summed E-state index contributed by atoms with van der Waals surface area (Å²) in [6.07, 6.45) is 6.63. The Morgan fingerprint density at radius 2 is 2.10 bits per heavy atom. The third kappa shape index (κ3) is 4.19. The molecule has 2 atom stereocenters. The van der Waals surface area contributed by atoms with Crippen LogP contribution in [0.1, 0.15) is 59.3 Å². The SMILES string of the molecule is CCN(CCC1CCCC1(NC(C)C)C(=O)O)CC1CC1. The number of carboxylic acid groups (broad SMARTS) is 1. The summed E-state index contributed by atoms with van der Waals surface area (Å²) in [4.78, 5) is 14.4. The van der Waals surface area contributed by atoms with Gasteiger partial charge in [0.15, 0.2) is 0 Å². The fraction of sp³-hybridized carbons (Fsp3) is 0.941. The Morgan fingerprint density at radius 3 is 2.62 bits per heavy atom. The Labute approximate surface area is 129 Å². The second-order valence-corrected chi connectivity index (χ2v) is 7.29. The Bertz CT molecular complexity index is 355. The van der Waals surface area contributed by atoms with E-state index in [0.29, 0.717) is 0 Å². The summed E-state index contributed by atoms with van der Waals surface area (Å²) in [6, 6.07) is 0.218. The number of carbonyl (C=O) groups is 1. The molecule has 2 aliphatic carbocycles. The van der Waals surface area contributed by atoms with E-state index in [-0.39, 0.29) is 12.0 Å². The van der Waals surface area contributed by atoms with Gasteiger partial charge in [-0.3, -0.25) is 10.1 Å². The monoisotopic (exact) mass is 296 g/mol. The molecule has 0 radical (unpaired) electrons. The van der Waals surface area contributed by atoms with Crippen LogP contribution in [0.2, 0.25) is 0 Å². The molecule has 2 unspecified atom stereocenters. The third-order valence-corrected chi connectivity index (χ3v) is 5.20. The van der Waals surface area contributed by atoms with Gasteiger partial charge in [-0.1, -0.05) is 13.3 Å². The zero-order chi connectivity index (χ0) is 15.5. The molecular weight excluding hydrogens is 264 g/mol. The normalized spacial score (nSPS) is 29.5. The fourth-order valence-corrected chi connectivity index (χ4v) is 3.90. The van der Waals surface area contributed by atoms with Crippen molar-refractivity contribution in [1.29, 1.82) is 0 Å². The van der Waals surface area contributed by atoms with Crippen molar-refractivity contribution in [2.75, 3.05) is 19.6 Å². The number of carboxylic acids is 1. The molecule has 2 fully saturated rings. The highest BCUT2D eigenvalue weighted by molar-refractivity contribution is 5.79. The molecule has 0 aromatic rings. The number of rotatable bonds is 9. The smallest absolute Gasteiger partial charge is 0.324 e. The molecular formula is C17H32N2O2. The summed E-state index contributed by atoms with van der Waals surface area (Å²) in [5, 5.41) is 13.2. The summed E-state index contributed by atoms with van der Waals surface area (Å²) >= 11 is 0. The summed E-state index contributed by atoms with van der Waals surface area (Å²) in [5.74, 6) is 0.529. The number of aliphatic carboxylic acids is 1. The minimum Gasteiger partial charge on any atom is -0.480 e. The molecule has 2 aliphatic rings. The van der Waals surface area contributed by atoms with Gasteiger partial charge < -0.3 is 10.0 Å². The lowest BCUT2D eigenvalue weighted by Crippen LogP contribution is -2.57. The van der Waals surface area contributed by atoms with E-state index in [1.54, 1.807) is 0 Å². The predicted molar refractivity (Wildman–Crippen MR) is 85.4 cm³/mol. The average molecular weight is 296 g/mol. The molecule has 0 amide bonds. The van der Waals surface area contributed by atoms with Crippen molar-refractivity contribution >= 4 is 5.97 Å². The Hall–Kier alpha value is -0.610. The van der Waals surface area contributed by atoms with Gasteiger partial charge in [0.25, 0.3) is 0 Å². The highest BCUT2D eigenvalue weighted by Gasteiger charge is 2.49. The molecule has 0 aromatic heterocycles. The summed E-state index contributed by atoms with van der Waals surface area (Å²) < 4.78 is 0. The van der Waals surface area contributed by atoms with Gasteiger partial charge >= 0.3 is 5.97 Å². The van der Waals surface area contributed by atoms with Crippen LogP contribution < -0.4 is 5.32 Å². The zero-order valence-electron chi connectivity index (χ0n) is 13.9. The van der Waals surface area contributed by atoms with E-state index < -0.39 is 11.5 Å². The molecule has 0 heterocycles. The molecule has 0 aromatic carbocycles. The molecule has 2 rings (SSSR count). The molecule has 21 heavy (non-hydrogen) atoms. The lowest BCUT2D eigenvalue weighted by molar-refractivity contribution is -0.147. The van der Waals surface area contributed by atoms with Crippen LogP contribution in [0.25, 0.3) is 0 Å². The minimum atomic E-state index is -0.687. The molecule has 0 spiro atoms. The van der Waals surface area contributed by atoms with Crippen molar-refractivity contribution in [2.24, 2.45) is 11.8 Å². The van der Waals surface area contributed by atoms with Gasteiger partial charge in [0.2, 0.25) is 0 Å². The molecule has 4 nitrogen and oxygen atoms in total. The Morgan fingerprint density at radius 1 is 1.38 bits per heavy atom. The first-order valence-corrected chi connectivity index (χ1v) is 8.71. The van der Waals surface area contributed by atoms with E-state index in [1.165, 1.54) is 19.4 Å². The Balaban J connectivity index is 1.93. The summed E-state index contributed by atoms with van der Waals surface area (Å²) in [7, 11) is 0. The van der Waals surface area contributed by atoms with Crippen LogP contribution in [0.15, 0.2) is 0 Å². The zero-order valence-corrected chi connectivity index (χ0v) is 13.9. The van der Waals surface area contributed by atoms with Gasteiger partial charge in [-0.05, 0) is 70.9 Å². The maximum Gasteiger partial charge on any atom is 0.324 e. The predicted octanol–water partition coefficient (Wildman–Crippen LogP) is 2.73. The first-order chi connectivity index (χ1) is 9.98. The van der Waals surface area contributed by atoms with E-state index in [0.717, 1.165) is 44.7 Å². The highest BCUT2D eigenvalue weighted by Crippen LogP contribution is 2.39. The van der Waals surface area contributed by atoms with Gasteiger partial charge in [-0.25, -0.2) is 0 Å². The van der Waals surface area contributed by atoms with Crippen molar-refractivity contribution < 1.29 is 9.90 Å². The highest BCUT2D eigenvalue weighted by atomic mass is 16.4. The largest absolute Gasteiger partial charge is 0.480 e. The lowest BCUT2D eigenvalue weighted by atomic mass is 9.83. The van der Waals surface area contributed by atoms with Crippen LogP contribution in [-0.4, -0.2) is 47.2 Å². The fourth-order valence-electron chi connectivity index (χ4n) is 3.90. The van der Waals surface area contributed by atoms with Crippen molar-refractivity contribution in [2.45, 2.75) is 70.9 Å². The average Bonchev–Trinajstić information content (AvgIpc) is 3.14. The molecule has 122 valence electrons. The summed E-state index contributed by atoms with van der Waals surface area (Å²) in [6.45, 7) is 9.65. The van der Waals surface area contributed by atoms with E-state index >= 15 is 0 Å². The van der Waals surface area contributed by atoms with E-state index in [4.69, 9.17) is 0 Å². The van der Waals surface area contributed by atoms with Crippen LogP contribution in [0.4, 0.5) is 0 Å². The van der Waals surface area contributed by atoms with E-state index in [9.17, 15) is 9.90 Å². The lowest BCUT2D eigenvalue weighted by Gasteiger charge is -2.35. The number of nitrogens with one attached hydrogen (secondary N) is 1. The number of hydrogen-bond acceptors (Lipinski definition) is 3. The van der Waals surface area contributed by atoms with Crippen molar-refractivity contribution in [3.8, 4) is 0 Å². The second-order valence-electron chi connectivity index (χ2n) is 7.29. The molecule has 0 bridgehead atoms. The van der Waals surface area contributed by atoms with Crippen LogP contribution in [-0.2, 0) is 4.79 Å². The van der Waals surface area contributed by atoms with Gasteiger partial charge in [0.1, 0.15) is 5.54 Å². The molecule has 0 saturated heterocycles. The minimum absolute atomic E-state index is 0.218. The van der Waals surface area contributed by atoms with Crippen molar-refractivity contribution in [3.63, 3.8) is 0 Å². The maximum atomic E-state index is 11.9. The van der Waals surface area contributed by atoms with Gasteiger partial charge in [0.05, 0.1) is 0 Å². The topological polar surface area (TPSA) is 52.6 Å². The van der Waals surface area contributed by atoms with E-state index in [2.05, 4.69) is 17.1 Å². The van der Waals surface area contributed by atoms with Crippen molar-refractivity contribution in [1.82, 2.24) is 10.2 Å². The summed E-state index contributed by atoms with van der Waals surface area (Å²) in [5.41, 5.74) is -0.687. The van der Waals surface area contributed by atoms with Crippen LogP contribution in [0.5, 0.6) is 0 Å². The van der Waals surface area contributed by atoms with Gasteiger partial charge in [-0.2, -0.15) is 0 Å². The number of hydrogen-bond donors (Lipinski definition) is 2. The third-order valence-electron chi connectivity index (χ3n) is 5.20. The number of nitrogens with zero attached hydrogens (tertiary/aromatic N) is 1. The Kier molecular flexibility index (Phi) is 5.67. The molecule has 4 heteroatoms. The van der Waals surface area contributed by atoms with Crippen LogP contribution >= 0.6 is 0 Å². The second kappa shape index (κ2) is 7.10. The maximum absolute atomic E-state index is 11.9. The molecule has 0 aliphatic heterocycles. The quantitative estimate of drug-likeness (QED) is 0.687. The first kappa shape index (κ1) is 16.8. The first-order valence-electron chi connectivity index (χ1n) is 8.71. The molecule has 2 N–H and O–H groups in total. The molecule has 2 saturated carbocycles. The van der Waals surface area contributed by atoms with Crippen LogP contribution in [0.3, 0.4) is 0 Å². The standard InChI is InChI=1S/C17H32N2O2/c1-4-19(12-14-7-8-14)11-9-15-6-5-10-17(15,16(20)21)18-13(2)3/h13-15,18H,4-12H2,1-3H3,(H,20,21). The van der Waals surface area contributed by atoms with Crippen molar-refractivity contribution in [3.05, 3.63) is 0 Å². The van der Waals surface area contributed by atoms with E-state index in [1.807, 2.05) is 13.8 Å². The van der Waals surface area contributed by atoms with Crippen LogP contribution in [0, 0.1) is 11.8 Å².